The second-order valence-electron chi connectivity index (χ2n) is 6.19. The molecule has 1 aliphatic heterocycles. The molecule has 5 heteroatoms. The standard InChI is InChI=1S/C19H21FN2O2/c1-13-6-5-9-15(20)17(13)18(24)22-19(10-11-21-12-16(19)23)14-7-3-2-4-8-14/h2-9,16,21,23H,10-12H2,1H3,(H,22,24)/t16-,19+/m1/s1. The van der Waals surface area contributed by atoms with Crippen molar-refractivity contribution >= 4 is 5.91 Å². The van der Waals surface area contributed by atoms with Crippen molar-refractivity contribution in [1.29, 1.82) is 0 Å². The van der Waals surface area contributed by atoms with Gasteiger partial charge in [-0.25, -0.2) is 4.39 Å². The largest absolute Gasteiger partial charge is 0.389 e. The van der Waals surface area contributed by atoms with Crippen LogP contribution in [-0.4, -0.2) is 30.2 Å². The van der Waals surface area contributed by atoms with Crippen LogP contribution in [0.25, 0.3) is 0 Å². The van der Waals surface area contributed by atoms with Crippen LogP contribution in [0.15, 0.2) is 48.5 Å². The molecule has 0 aromatic heterocycles. The Balaban J connectivity index is 2.00. The molecule has 1 fully saturated rings. The Bertz CT molecular complexity index is 715. The average molecular weight is 328 g/mol. The quantitative estimate of drug-likeness (QED) is 0.809. The molecule has 126 valence electrons. The van der Waals surface area contributed by atoms with Gasteiger partial charge in [0.25, 0.3) is 5.91 Å². The molecular formula is C19H21FN2O2. The number of carbonyl (C=O) groups excluding carboxylic acids is 1. The van der Waals surface area contributed by atoms with Crippen LogP contribution in [0.1, 0.15) is 27.9 Å². The fourth-order valence-corrected chi connectivity index (χ4v) is 3.34. The summed E-state index contributed by atoms with van der Waals surface area (Å²) in [4.78, 5) is 12.8. The van der Waals surface area contributed by atoms with Crippen LogP contribution in [0, 0.1) is 12.7 Å². The first kappa shape index (κ1) is 16.6. The van der Waals surface area contributed by atoms with E-state index in [1.54, 1.807) is 19.1 Å². The lowest BCUT2D eigenvalue weighted by atomic mass is 9.79. The van der Waals surface area contributed by atoms with Gasteiger partial charge in [0.2, 0.25) is 0 Å². The number of β-amino-alcohol motifs (C(OH)–C–C–N with tert-alkyl or cyclic N) is 1. The highest BCUT2D eigenvalue weighted by Crippen LogP contribution is 2.32. The van der Waals surface area contributed by atoms with Gasteiger partial charge in [-0.1, -0.05) is 42.5 Å². The van der Waals surface area contributed by atoms with Crippen molar-refractivity contribution in [3.05, 3.63) is 71.0 Å². The Morgan fingerprint density at radius 1 is 1.25 bits per heavy atom. The summed E-state index contributed by atoms with van der Waals surface area (Å²) in [5, 5.41) is 16.7. The monoisotopic (exact) mass is 328 g/mol. The van der Waals surface area contributed by atoms with Crippen molar-refractivity contribution in [3.8, 4) is 0 Å². The van der Waals surface area contributed by atoms with Gasteiger partial charge in [0.15, 0.2) is 0 Å². The van der Waals surface area contributed by atoms with Gasteiger partial charge in [-0.2, -0.15) is 0 Å². The fraction of sp³-hybridized carbons (Fsp3) is 0.316. The molecule has 3 N–H and O–H groups in total. The number of piperidine rings is 1. The van der Waals surface area contributed by atoms with Crippen LogP contribution in [0.2, 0.25) is 0 Å². The zero-order valence-corrected chi connectivity index (χ0v) is 13.6. The third-order valence-electron chi connectivity index (χ3n) is 4.68. The smallest absolute Gasteiger partial charge is 0.255 e. The van der Waals surface area contributed by atoms with Crippen molar-refractivity contribution in [1.82, 2.24) is 10.6 Å². The highest BCUT2D eigenvalue weighted by Gasteiger charge is 2.43. The number of rotatable bonds is 3. The van der Waals surface area contributed by atoms with E-state index in [0.717, 1.165) is 5.56 Å². The summed E-state index contributed by atoms with van der Waals surface area (Å²) in [6.45, 7) is 2.72. The van der Waals surface area contributed by atoms with Crippen LogP contribution in [0.4, 0.5) is 4.39 Å². The van der Waals surface area contributed by atoms with Gasteiger partial charge in [0, 0.05) is 6.54 Å². The molecule has 24 heavy (non-hydrogen) atoms. The van der Waals surface area contributed by atoms with E-state index >= 15 is 0 Å². The van der Waals surface area contributed by atoms with Gasteiger partial charge in [0.05, 0.1) is 17.2 Å². The maximum absolute atomic E-state index is 14.1. The van der Waals surface area contributed by atoms with Crippen LogP contribution in [0.3, 0.4) is 0 Å². The molecular weight excluding hydrogens is 307 g/mol. The normalized spacial score (nSPS) is 23.7. The summed E-state index contributed by atoms with van der Waals surface area (Å²) in [5.74, 6) is -1.06. The zero-order chi connectivity index (χ0) is 17.2. The predicted octanol–water partition coefficient (Wildman–Crippen LogP) is 2.11. The van der Waals surface area contributed by atoms with Crippen LogP contribution < -0.4 is 10.6 Å². The van der Waals surface area contributed by atoms with Gasteiger partial charge in [-0.05, 0) is 37.1 Å². The minimum absolute atomic E-state index is 0.0264. The summed E-state index contributed by atoms with van der Waals surface area (Å²) >= 11 is 0. The topological polar surface area (TPSA) is 61.4 Å². The summed E-state index contributed by atoms with van der Waals surface area (Å²) < 4.78 is 14.1. The number of benzene rings is 2. The maximum atomic E-state index is 14.1. The zero-order valence-electron chi connectivity index (χ0n) is 13.6. The Kier molecular flexibility index (Phi) is 4.64. The van der Waals surface area contributed by atoms with Gasteiger partial charge < -0.3 is 15.7 Å². The summed E-state index contributed by atoms with van der Waals surface area (Å²) in [6, 6.07) is 13.9. The van der Waals surface area contributed by atoms with Crippen molar-refractivity contribution in [2.75, 3.05) is 13.1 Å². The molecule has 0 aliphatic carbocycles. The number of halogens is 1. The van der Waals surface area contributed by atoms with Crippen molar-refractivity contribution in [2.45, 2.75) is 25.0 Å². The molecule has 2 atom stereocenters. The molecule has 1 amide bonds. The molecule has 3 rings (SSSR count). The van der Waals surface area contributed by atoms with E-state index in [4.69, 9.17) is 0 Å². The number of carbonyl (C=O) groups is 1. The lowest BCUT2D eigenvalue weighted by Crippen LogP contribution is -2.61. The highest BCUT2D eigenvalue weighted by molar-refractivity contribution is 5.96. The Morgan fingerprint density at radius 2 is 2.00 bits per heavy atom. The first-order chi connectivity index (χ1) is 11.5. The Hall–Kier alpha value is -2.24. The van der Waals surface area contributed by atoms with E-state index in [1.165, 1.54) is 6.07 Å². The third kappa shape index (κ3) is 2.92. The molecule has 1 heterocycles. The SMILES string of the molecule is Cc1cccc(F)c1C(=O)N[C@]1(c2ccccc2)CCNC[C@H]1O. The lowest BCUT2D eigenvalue weighted by Gasteiger charge is -2.43. The molecule has 0 saturated carbocycles. The molecule has 0 unspecified atom stereocenters. The Labute approximate surface area is 140 Å². The fourth-order valence-electron chi connectivity index (χ4n) is 3.34. The minimum atomic E-state index is -0.932. The molecule has 2 aromatic carbocycles. The van der Waals surface area contributed by atoms with E-state index in [1.807, 2.05) is 30.3 Å². The summed E-state index contributed by atoms with van der Waals surface area (Å²) in [6.07, 6.45) is -0.276. The van der Waals surface area contributed by atoms with Crippen LogP contribution in [-0.2, 0) is 5.54 Å². The number of hydrogen-bond donors (Lipinski definition) is 3. The average Bonchev–Trinajstić information content (AvgIpc) is 2.58. The number of aliphatic hydroxyl groups is 1. The molecule has 0 spiro atoms. The van der Waals surface area contributed by atoms with Gasteiger partial charge in [-0.15, -0.1) is 0 Å². The van der Waals surface area contributed by atoms with Crippen molar-refractivity contribution < 1.29 is 14.3 Å². The number of nitrogens with one attached hydrogen (secondary N) is 2. The van der Waals surface area contributed by atoms with Crippen LogP contribution in [0.5, 0.6) is 0 Å². The van der Waals surface area contributed by atoms with E-state index in [0.29, 0.717) is 25.1 Å². The van der Waals surface area contributed by atoms with E-state index < -0.39 is 23.4 Å². The van der Waals surface area contributed by atoms with E-state index in [9.17, 15) is 14.3 Å². The van der Waals surface area contributed by atoms with E-state index in [2.05, 4.69) is 10.6 Å². The number of hydrogen-bond acceptors (Lipinski definition) is 3. The third-order valence-corrected chi connectivity index (χ3v) is 4.68. The molecule has 1 aliphatic rings. The maximum Gasteiger partial charge on any atom is 0.255 e. The number of aryl methyl sites for hydroxylation is 1. The van der Waals surface area contributed by atoms with Gasteiger partial charge in [-0.3, -0.25) is 4.79 Å². The van der Waals surface area contributed by atoms with E-state index in [-0.39, 0.29) is 5.56 Å². The predicted molar refractivity (Wildman–Crippen MR) is 90.2 cm³/mol. The summed E-state index contributed by atoms with van der Waals surface area (Å²) in [7, 11) is 0. The first-order valence-electron chi connectivity index (χ1n) is 8.06. The minimum Gasteiger partial charge on any atom is -0.389 e. The summed E-state index contributed by atoms with van der Waals surface area (Å²) in [5.41, 5.74) is 0.484. The van der Waals surface area contributed by atoms with Crippen LogP contribution >= 0.6 is 0 Å². The highest BCUT2D eigenvalue weighted by atomic mass is 19.1. The molecule has 2 aromatic rings. The second-order valence-corrected chi connectivity index (χ2v) is 6.19. The van der Waals surface area contributed by atoms with Gasteiger partial charge in [0.1, 0.15) is 5.82 Å². The molecule has 1 saturated heterocycles. The number of amides is 1. The van der Waals surface area contributed by atoms with Crippen molar-refractivity contribution in [2.24, 2.45) is 0 Å². The lowest BCUT2D eigenvalue weighted by molar-refractivity contribution is 0.0288. The number of aliphatic hydroxyl groups excluding tert-OH is 1. The Morgan fingerprint density at radius 3 is 2.67 bits per heavy atom. The molecule has 0 radical (unpaired) electrons. The van der Waals surface area contributed by atoms with Crippen molar-refractivity contribution in [3.63, 3.8) is 0 Å². The molecule has 4 nitrogen and oxygen atoms in total. The first-order valence-corrected chi connectivity index (χ1v) is 8.06. The molecule has 0 bridgehead atoms. The van der Waals surface area contributed by atoms with Gasteiger partial charge >= 0.3 is 0 Å². The second kappa shape index (κ2) is 6.71.